The van der Waals surface area contributed by atoms with Gasteiger partial charge in [0.25, 0.3) is 0 Å². The molecule has 2 bridgehead atoms. The third kappa shape index (κ3) is 1.35. The summed E-state index contributed by atoms with van der Waals surface area (Å²) in [5, 5.41) is 22.1. The lowest BCUT2D eigenvalue weighted by atomic mass is 9.70. The standard InChI is InChI=1S/C15H20O3S/c1-13(2)7-6-10-12(13)9-4-5-11(16)15(10,18)14(9,17)8-19-3/h4-7,9-10,12,17-18H,8H2,1-3H3/t9-,10+,12+,14+,15+/m1/s1. The van der Waals surface area contributed by atoms with Crippen molar-refractivity contribution in [1.29, 1.82) is 0 Å². The molecule has 0 aromatic carbocycles. The molecule has 19 heavy (non-hydrogen) atoms. The van der Waals surface area contributed by atoms with Crippen molar-refractivity contribution >= 4 is 17.5 Å². The number of allylic oxidation sites excluding steroid dienone is 1. The number of carbonyl (C=O) groups excluding carboxylic acids is 1. The normalized spacial score (nSPS) is 49.7. The van der Waals surface area contributed by atoms with Crippen LogP contribution in [0.2, 0.25) is 0 Å². The van der Waals surface area contributed by atoms with E-state index in [-0.39, 0.29) is 29.0 Å². The van der Waals surface area contributed by atoms with Crippen molar-refractivity contribution in [2.45, 2.75) is 25.0 Å². The van der Waals surface area contributed by atoms with E-state index in [1.807, 2.05) is 18.4 Å². The zero-order valence-corrected chi connectivity index (χ0v) is 12.3. The monoisotopic (exact) mass is 280 g/mol. The van der Waals surface area contributed by atoms with Gasteiger partial charge in [0.15, 0.2) is 11.4 Å². The number of hydrogen-bond acceptors (Lipinski definition) is 4. The van der Waals surface area contributed by atoms with E-state index in [1.54, 1.807) is 0 Å². The molecule has 0 unspecified atom stereocenters. The number of ketones is 1. The first-order chi connectivity index (χ1) is 8.79. The van der Waals surface area contributed by atoms with Gasteiger partial charge in [-0.1, -0.05) is 32.1 Å². The molecule has 0 spiro atoms. The van der Waals surface area contributed by atoms with Crippen molar-refractivity contribution in [1.82, 2.24) is 0 Å². The number of rotatable bonds is 2. The molecule has 0 heterocycles. The predicted octanol–water partition coefficient (Wildman–Crippen LogP) is 1.41. The minimum absolute atomic E-state index is 0.0809. The summed E-state index contributed by atoms with van der Waals surface area (Å²) in [7, 11) is 0. The van der Waals surface area contributed by atoms with Gasteiger partial charge in [-0.3, -0.25) is 4.79 Å². The summed E-state index contributed by atoms with van der Waals surface area (Å²) in [6, 6.07) is 0. The maximum absolute atomic E-state index is 12.3. The molecule has 1 saturated carbocycles. The third-order valence-electron chi connectivity index (χ3n) is 5.25. The molecule has 4 heteroatoms. The maximum Gasteiger partial charge on any atom is 0.190 e. The smallest absolute Gasteiger partial charge is 0.190 e. The molecular weight excluding hydrogens is 260 g/mol. The van der Waals surface area contributed by atoms with Gasteiger partial charge in [-0.25, -0.2) is 0 Å². The van der Waals surface area contributed by atoms with Crippen LogP contribution in [0.5, 0.6) is 0 Å². The lowest BCUT2D eigenvalue weighted by Gasteiger charge is -2.43. The Morgan fingerprint density at radius 2 is 1.95 bits per heavy atom. The predicted molar refractivity (Wildman–Crippen MR) is 75.8 cm³/mol. The molecule has 1 fully saturated rings. The summed E-state index contributed by atoms with van der Waals surface area (Å²) in [5.74, 6) is -0.349. The molecule has 3 nitrogen and oxygen atoms in total. The summed E-state index contributed by atoms with van der Waals surface area (Å²) in [4.78, 5) is 12.3. The Kier molecular flexibility index (Phi) is 2.64. The van der Waals surface area contributed by atoms with Crippen LogP contribution in [0.15, 0.2) is 24.3 Å². The Bertz CT molecular complexity index is 496. The molecular formula is C15H20O3S. The van der Waals surface area contributed by atoms with Gasteiger partial charge < -0.3 is 10.2 Å². The first kappa shape index (κ1) is 13.4. The van der Waals surface area contributed by atoms with Gasteiger partial charge in [-0.15, -0.1) is 0 Å². The summed E-state index contributed by atoms with van der Waals surface area (Å²) < 4.78 is 0. The van der Waals surface area contributed by atoms with E-state index in [1.165, 1.54) is 17.8 Å². The number of thioether (sulfide) groups is 1. The SMILES string of the molecule is CSC[C@]1(O)[C@@H]2C=CC(=O)[C@@]1(O)[C@H]1C=CC(C)(C)[C@@H]21. The fourth-order valence-corrected chi connectivity index (χ4v) is 5.22. The van der Waals surface area contributed by atoms with Gasteiger partial charge >= 0.3 is 0 Å². The van der Waals surface area contributed by atoms with Crippen LogP contribution in [0, 0.1) is 23.2 Å². The summed E-state index contributed by atoms with van der Waals surface area (Å²) in [6.45, 7) is 4.21. The van der Waals surface area contributed by atoms with E-state index >= 15 is 0 Å². The van der Waals surface area contributed by atoms with Crippen LogP contribution in [0.25, 0.3) is 0 Å². The molecule has 5 atom stereocenters. The molecule has 0 saturated heterocycles. The molecule has 0 aromatic rings. The van der Waals surface area contributed by atoms with Crippen LogP contribution in [-0.4, -0.2) is 39.2 Å². The molecule has 0 amide bonds. The first-order valence-electron chi connectivity index (χ1n) is 6.65. The Hall–Kier alpha value is -0.580. The van der Waals surface area contributed by atoms with Crippen LogP contribution in [-0.2, 0) is 4.79 Å². The summed E-state index contributed by atoms with van der Waals surface area (Å²) in [6.07, 6.45) is 9.17. The van der Waals surface area contributed by atoms with E-state index in [2.05, 4.69) is 19.9 Å². The highest BCUT2D eigenvalue weighted by atomic mass is 32.2. The first-order valence-corrected chi connectivity index (χ1v) is 8.04. The van der Waals surface area contributed by atoms with E-state index in [0.29, 0.717) is 5.75 Å². The van der Waals surface area contributed by atoms with Crippen molar-refractivity contribution < 1.29 is 15.0 Å². The molecule has 0 radical (unpaired) electrons. The molecule has 0 aromatic heterocycles. The lowest BCUT2D eigenvalue weighted by molar-refractivity contribution is -0.167. The van der Waals surface area contributed by atoms with Crippen molar-refractivity contribution in [2.24, 2.45) is 23.2 Å². The summed E-state index contributed by atoms with van der Waals surface area (Å²) in [5.41, 5.74) is -3.12. The zero-order chi connectivity index (χ0) is 14.1. The van der Waals surface area contributed by atoms with Crippen LogP contribution in [0.3, 0.4) is 0 Å². The quantitative estimate of drug-likeness (QED) is 0.751. The molecule has 0 aliphatic heterocycles. The fourth-order valence-electron chi connectivity index (χ4n) is 4.37. The van der Waals surface area contributed by atoms with Gasteiger partial charge in [-0.05, 0) is 23.7 Å². The van der Waals surface area contributed by atoms with Crippen molar-refractivity contribution in [3.05, 3.63) is 24.3 Å². The minimum atomic E-state index is -1.66. The highest BCUT2D eigenvalue weighted by Gasteiger charge is 2.74. The Morgan fingerprint density at radius 3 is 2.58 bits per heavy atom. The number of carbonyl (C=O) groups is 1. The number of aliphatic hydroxyl groups is 2. The molecule has 3 aliphatic carbocycles. The average molecular weight is 280 g/mol. The number of hydrogen-bond donors (Lipinski definition) is 2. The lowest BCUT2D eigenvalue weighted by Crippen LogP contribution is -2.63. The highest BCUT2D eigenvalue weighted by molar-refractivity contribution is 7.98. The Balaban J connectivity index is 2.19. The fraction of sp³-hybridized carbons (Fsp3) is 0.667. The number of fused-ring (bicyclic) bond motifs is 5. The second-order valence-corrected chi connectivity index (χ2v) is 7.47. The van der Waals surface area contributed by atoms with E-state index in [0.717, 1.165) is 0 Å². The van der Waals surface area contributed by atoms with Crippen molar-refractivity contribution in [3.8, 4) is 0 Å². The third-order valence-corrected chi connectivity index (χ3v) is 5.98. The van der Waals surface area contributed by atoms with Crippen LogP contribution >= 0.6 is 11.8 Å². The summed E-state index contributed by atoms with van der Waals surface area (Å²) >= 11 is 1.47. The Morgan fingerprint density at radius 1 is 1.26 bits per heavy atom. The maximum atomic E-state index is 12.3. The van der Waals surface area contributed by atoms with E-state index < -0.39 is 11.2 Å². The minimum Gasteiger partial charge on any atom is -0.385 e. The van der Waals surface area contributed by atoms with Gasteiger partial charge in [0, 0.05) is 17.6 Å². The van der Waals surface area contributed by atoms with E-state index in [4.69, 9.17) is 0 Å². The molecule has 104 valence electrons. The second-order valence-electron chi connectivity index (χ2n) is 6.60. The highest BCUT2D eigenvalue weighted by Crippen LogP contribution is 2.63. The molecule has 3 aliphatic rings. The Labute approximate surface area is 117 Å². The average Bonchev–Trinajstić information content (AvgIpc) is 2.67. The van der Waals surface area contributed by atoms with Gasteiger partial charge in [-0.2, -0.15) is 11.8 Å². The second kappa shape index (κ2) is 3.74. The van der Waals surface area contributed by atoms with Crippen molar-refractivity contribution in [3.63, 3.8) is 0 Å². The van der Waals surface area contributed by atoms with Crippen LogP contribution < -0.4 is 0 Å². The van der Waals surface area contributed by atoms with Gasteiger partial charge in [0.2, 0.25) is 0 Å². The topological polar surface area (TPSA) is 57.5 Å². The van der Waals surface area contributed by atoms with E-state index in [9.17, 15) is 15.0 Å². The zero-order valence-electron chi connectivity index (χ0n) is 11.5. The van der Waals surface area contributed by atoms with Crippen molar-refractivity contribution in [2.75, 3.05) is 12.0 Å². The van der Waals surface area contributed by atoms with Gasteiger partial charge in [0.1, 0.15) is 5.60 Å². The molecule has 2 N–H and O–H groups in total. The molecule has 3 rings (SSSR count). The van der Waals surface area contributed by atoms with Crippen LogP contribution in [0.1, 0.15) is 13.8 Å². The largest absolute Gasteiger partial charge is 0.385 e. The van der Waals surface area contributed by atoms with Gasteiger partial charge in [0.05, 0.1) is 0 Å². The van der Waals surface area contributed by atoms with Crippen LogP contribution in [0.4, 0.5) is 0 Å².